The lowest BCUT2D eigenvalue weighted by Crippen LogP contribution is -1.97. The molecule has 0 radical (unpaired) electrons. The number of anilines is 1. The molecule has 2 N–H and O–H groups in total. The maximum atomic E-state index is 13.3. The molecule has 0 atom stereocenters. The minimum absolute atomic E-state index is 0.245. The van der Waals surface area contributed by atoms with Gasteiger partial charge in [0, 0.05) is 17.2 Å². The summed E-state index contributed by atoms with van der Waals surface area (Å²) in [6, 6.07) is 6.34. The van der Waals surface area contributed by atoms with Gasteiger partial charge < -0.3 is 10.5 Å². The first-order valence-electron chi connectivity index (χ1n) is 5.57. The van der Waals surface area contributed by atoms with Crippen LogP contribution in [0.15, 0.2) is 28.7 Å². The lowest BCUT2D eigenvalue weighted by atomic mass is 10.1. The van der Waals surface area contributed by atoms with E-state index in [1.165, 1.54) is 12.1 Å². The van der Waals surface area contributed by atoms with Crippen molar-refractivity contribution in [3.63, 3.8) is 0 Å². The fourth-order valence-corrected chi connectivity index (χ4v) is 2.45. The van der Waals surface area contributed by atoms with E-state index in [0.29, 0.717) is 21.0 Å². The highest BCUT2D eigenvalue weighted by atomic mass is 79.9. The van der Waals surface area contributed by atoms with Gasteiger partial charge in [-0.05, 0) is 53.0 Å². The molecule has 100 valence electrons. The first-order valence-corrected chi connectivity index (χ1v) is 6.74. The highest BCUT2D eigenvalue weighted by Crippen LogP contribution is 2.36. The topological polar surface area (TPSA) is 35.2 Å². The maximum absolute atomic E-state index is 13.3. The molecule has 0 saturated carbocycles. The number of hydrogen-bond donors (Lipinski definition) is 1. The largest absolute Gasteiger partial charge is 0.455 e. The number of halogens is 3. The minimum Gasteiger partial charge on any atom is -0.455 e. The average molecular weight is 345 g/mol. The fraction of sp³-hybridized carbons (Fsp3) is 0.143. The number of hydrogen-bond acceptors (Lipinski definition) is 2. The van der Waals surface area contributed by atoms with Gasteiger partial charge in [-0.15, -0.1) is 0 Å². The smallest absolute Gasteiger partial charge is 0.151 e. The Morgan fingerprint density at radius 1 is 1.16 bits per heavy atom. The van der Waals surface area contributed by atoms with Crippen molar-refractivity contribution in [1.29, 1.82) is 0 Å². The van der Waals surface area contributed by atoms with E-state index in [0.717, 1.165) is 11.1 Å². The van der Waals surface area contributed by atoms with Gasteiger partial charge >= 0.3 is 0 Å². The third kappa shape index (κ3) is 3.01. The van der Waals surface area contributed by atoms with Crippen molar-refractivity contribution < 1.29 is 9.13 Å². The van der Waals surface area contributed by atoms with Gasteiger partial charge in [-0.1, -0.05) is 11.6 Å². The number of benzene rings is 2. The van der Waals surface area contributed by atoms with Crippen molar-refractivity contribution in [2.75, 3.05) is 5.73 Å². The van der Waals surface area contributed by atoms with Crippen molar-refractivity contribution >= 4 is 33.2 Å². The Morgan fingerprint density at radius 2 is 1.74 bits per heavy atom. The second-order valence-electron chi connectivity index (χ2n) is 4.27. The molecule has 2 rings (SSSR count). The molecule has 2 aromatic carbocycles. The molecule has 19 heavy (non-hydrogen) atoms. The summed E-state index contributed by atoms with van der Waals surface area (Å²) in [6.45, 7) is 3.78. The molecule has 0 saturated heterocycles. The lowest BCUT2D eigenvalue weighted by Gasteiger charge is -2.14. The van der Waals surface area contributed by atoms with E-state index in [9.17, 15) is 4.39 Å². The van der Waals surface area contributed by atoms with Crippen LogP contribution in [0.25, 0.3) is 0 Å². The quantitative estimate of drug-likeness (QED) is 0.757. The molecule has 2 aromatic rings. The number of nitrogen functional groups attached to an aromatic ring is 1. The van der Waals surface area contributed by atoms with Gasteiger partial charge in [0.15, 0.2) is 5.75 Å². The summed E-state index contributed by atoms with van der Waals surface area (Å²) in [6.07, 6.45) is 0. The van der Waals surface area contributed by atoms with E-state index < -0.39 is 5.82 Å². The molecule has 0 bridgehead atoms. The Labute approximate surface area is 124 Å². The van der Waals surface area contributed by atoms with Crippen LogP contribution < -0.4 is 10.5 Å². The van der Waals surface area contributed by atoms with Gasteiger partial charge in [-0.25, -0.2) is 4.39 Å². The first-order chi connectivity index (χ1) is 8.88. The number of nitrogens with two attached hydrogens (primary N) is 1. The van der Waals surface area contributed by atoms with Crippen LogP contribution in [-0.4, -0.2) is 0 Å². The van der Waals surface area contributed by atoms with Crippen molar-refractivity contribution in [2.24, 2.45) is 0 Å². The highest BCUT2D eigenvalue weighted by Gasteiger charge is 2.11. The summed E-state index contributed by atoms with van der Waals surface area (Å²) in [5.74, 6) is 0.658. The molecule has 0 aliphatic heterocycles. The maximum Gasteiger partial charge on any atom is 0.151 e. The predicted molar refractivity (Wildman–Crippen MR) is 79.5 cm³/mol. The Kier molecular flexibility index (Phi) is 4.02. The normalized spacial score (nSPS) is 10.6. The van der Waals surface area contributed by atoms with E-state index in [2.05, 4.69) is 15.9 Å². The van der Waals surface area contributed by atoms with E-state index in [1.54, 1.807) is 12.1 Å². The number of ether oxygens (including phenoxy) is 1. The standard InChI is InChI=1S/C14H12BrClFNO/c1-7-3-9(16)4-8(2)14(7)19-13-5-10(15)11(17)6-12(13)18/h3-6H,18H2,1-2H3. The molecular formula is C14H12BrClFNO. The summed E-state index contributed by atoms with van der Waals surface area (Å²) < 4.78 is 19.4. The van der Waals surface area contributed by atoms with E-state index in [-0.39, 0.29) is 5.69 Å². The van der Waals surface area contributed by atoms with Crippen molar-refractivity contribution in [2.45, 2.75) is 13.8 Å². The molecular weight excluding hydrogens is 333 g/mol. The molecule has 0 amide bonds. The van der Waals surface area contributed by atoms with E-state index in [1.807, 2.05) is 13.8 Å². The first kappa shape index (κ1) is 14.2. The van der Waals surface area contributed by atoms with Gasteiger partial charge in [0.1, 0.15) is 11.6 Å². The Morgan fingerprint density at radius 3 is 2.32 bits per heavy atom. The molecule has 5 heteroatoms. The van der Waals surface area contributed by atoms with Crippen LogP contribution in [0.3, 0.4) is 0 Å². The van der Waals surface area contributed by atoms with Crippen LogP contribution in [-0.2, 0) is 0 Å². The molecule has 0 fully saturated rings. The highest BCUT2D eigenvalue weighted by molar-refractivity contribution is 9.10. The Balaban J connectivity index is 2.45. The Bertz CT molecular complexity index is 623. The van der Waals surface area contributed by atoms with Crippen LogP contribution in [0.1, 0.15) is 11.1 Å². The number of aryl methyl sites for hydroxylation is 2. The van der Waals surface area contributed by atoms with Crippen LogP contribution in [0, 0.1) is 19.7 Å². The summed E-state index contributed by atoms with van der Waals surface area (Å²) in [4.78, 5) is 0. The number of rotatable bonds is 2. The van der Waals surface area contributed by atoms with E-state index in [4.69, 9.17) is 22.1 Å². The van der Waals surface area contributed by atoms with Crippen molar-refractivity contribution in [3.05, 3.63) is 50.7 Å². The second kappa shape index (κ2) is 5.39. The predicted octanol–water partition coefficient (Wildman–Crippen LogP) is 5.23. The van der Waals surface area contributed by atoms with Crippen molar-refractivity contribution in [1.82, 2.24) is 0 Å². The van der Waals surface area contributed by atoms with Crippen LogP contribution in [0.4, 0.5) is 10.1 Å². The van der Waals surface area contributed by atoms with Gasteiger partial charge in [-0.3, -0.25) is 0 Å². The van der Waals surface area contributed by atoms with Gasteiger partial charge in [0.25, 0.3) is 0 Å². The summed E-state index contributed by atoms with van der Waals surface area (Å²) in [5.41, 5.74) is 7.79. The van der Waals surface area contributed by atoms with Crippen molar-refractivity contribution in [3.8, 4) is 11.5 Å². The lowest BCUT2D eigenvalue weighted by molar-refractivity contribution is 0.475. The van der Waals surface area contributed by atoms with E-state index >= 15 is 0 Å². The Hall–Kier alpha value is -1.26. The summed E-state index contributed by atoms with van der Waals surface area (Å²) >= 11 is 9.08. The molecule has 0 spiro atoms. The molecule has 2 nitrogen and oxygen atoms in total. The monoisotopic (exact) mass is 343 g/mol. The second-order valence-corrected chi connectivity index (χ2v) is 5.57. The summed E-state index contributed by atoms with van der Waals surface area (Å²) in [7, 11) is 0. The van der Waals surface area contributed by atoms with Gasteiger partial charge in [-0.2, -0.15) is 0 Å². The third-order valence-electron chi connectivity index (χ3n) is 2.69. The molecule has 0 unspecified atom stereocenters. The SMILES string of the molecule is Cc1cc(Cl)cc(C)c1Oc1cc(Br)c(F)cc1N. The minimum atomic E-state index is -0.422. The fourth-order valence-electron chi connectivity index (χ4n) is 1.80. The molecule has 0 aliphatic rings. The summed E-state index contributed by atoms with van der Waals surface area (Å²) in [5, 5.41) is 0.649. The van der Waals surface area contributed by atoms with Crippen LogP contribution >= 0.6 is 27.5 Å². The van der Waals surface area contributed by atoms with Crippen LogP contribution in [0.2, 0.25) is 5.02 Å². The zero-order valence-electron chi connectivity index (χ0n) is 10.4. The van der Waals surface area contributed by atoms with Gasteiger partial charge in [0.2, 0.25) is 0 Å². The molecule has 0 aliphatic carbocycles. The molecule has 0 aromatic heterocycles. The molecule has 0 heterocycles. The third-order valence-corrected chi connectivity index (χ3v) is 3.52. The van der Waals surface area contributed by atoms with Crippen LogP contribution in [0.5, 0.6) is 11.5 Å². The zero-order valence-corrected chi connectivity index (χ0v) is 12.8. The average Bonchev–Trinajstić information content (AvgIpc) is 2.29. The zero-order chi connectivity index (χ0) is 14.2. The van der Waals surface area contributed by atoms with Gasteiger partial charge in [0.05, 0.1) is 10.2 Å².